The van der Waals surface area contributed by atoms with Gasteiger partial charge in [-0.2, -0.15) is 0 Å². The number of amides is 3. The predicted molar refractivity (Wildman–Crippen MR) is 54.5 cm³/mol. The van der Waals surface area contributed by atoms with Crippen LogP contribution in [0.15, 0.2) is 4.99 Å². The lowest BCUT2D eigenvalue weighted by molar-refractivity contribution is -0.120. The molecule has 0 aromatic carbocycles. The topological polar surface area (TPSA) is 101 Å². The molecule has 0 aliphatic carbocycles. The van der Waals surface area contributed by atoms with Gasteiger partial charge in [-0.3, -0.25) is 25.4 Å². The third kappa shape index (κ3) is 1.76. The number of carbonyl (C=O) groups excluding carboxylic acids is 2. The number of nitrogens with one attached hydrogen (secondary N) is 2. The average molecular weight is 209 g/mol. The summed E-state index contributed by atoms with van der Waals surface area (Å²) in [5.74, 6) is -1.02. The van der Waals surface area contributed by atoms with Gasteiger partial charge >= 0.3 is 6.03 Å². The molecule has 0 saturated carbocycles. The quantitative estimate of drug-likeness (QED) is 0.431. The van der Waals surface area contributed by atoms with E-state index in [-0.39, 0.29) is 17.4 Å². The largest absolute Gasteiger partial charge is 0.332 e. The van der Waals surface area contributed by atoms with Crippen molar-refractivity contribution in [3.8, 4) is 0 Å². The first kappa shape index (κ1) is 11.0. The Morgan fingerprint density at radius 2 is 1.80 bits per heavy atom. The summed E-state index contributed by atoms with van der Waals surface area (Å²) in [4.78, 5) is 28.4. The maximum Gasteiger partial charge on any atom is 0.332 e. The van der Waals surface area contributed by atoms with Crippen LogP contribution in [0.4, 0.5) is 4.79 Å². The number of nitrogens with zero attached hydrogens (tertiary/aromatic N) is 3. The van der Waals surface area contributed by atoms with Crippen LogP contribution in [0.5, 0.6) is 0 Å². The second-order valence-corrected chi connectivity index (χ2v) is 3.10. The van der Waals surface area contributed by atoms with Gasteiger partial charge in [0.05, 0.1) is 0 Å². The number of rotatable bonds is 0. The molecule has 0 aromatic rings. The van der Waals surface area contributed by atoms with Gasteiger partial charge in [-0.25, -0.2) is 9.79 Å². The molecule has 7 nitrogen and oxygen atoms in total. The van der Waals surface area contributed by atoms with Crippen molar-refractivity contribution in [3.05, 3.63) is 0 Å². The van der Waals surface area contributed by atoms with Gasteiger partial charge in [-0.05, 0) is 6.92 Å². The van der Waals surface area contributed by atoms with Crippen molar-refractivity contribution in [2.24, 2.45) is 4.99 Å². The standard InChI is InChI=1S/C8H11N5O2/c1-4(9)11-5-6(10)12(2)8(15)13(3)7(5)14/h9-10H,1-3H3. The number of hydrogen-bond acceptors (Lipinski definition) is 4. The second-order valence-electron chi connectivity index (χ2n) is 3.10. The van der Waals surface area contributed by atoms with Crippen LogP contribution in [0.2, 0.25) is 0 Å². The number of amidine groups is 2. The van der Waals surface area contributed by atoms with E-state index in [0.717, 1.165) is 9.80 Å². The van der Waals surface area contributed by atoms with E-state index in [1.807, 2.05) is 0 Å². The van der Waals surface area contributed by atoms with E-state index in [0.29, 0.717) is 0 Å². The van der Waals surface area contributed by atoms with E-state index in [1.165, 1.54) is 21.0 Å². The Balaban J connectivity index is 3.19. The molecule has 0 aromatic heterocycles. The fourth-order valence-electron chi connectivity index (χ4n) is 1.09. The van der Waals surface area contributed by atoms with Crippen LogP contribution >= 0.6 is 0 Å². The van der Waals surface area contributed by atoms with Crippen molar-refractivity contribution in [3.63, 3.8) is 0 Å². The number of urea groups is 1. The summed E-state index contributed by atoms with van der Waals surface area (Å²) >= 11 is 0. The zero-order chi connectivity index (χ0) is 11.7. The molecule has 7 heteroatoms. The van der Waals surface area contributed by atoms with E-state index in [9.17, 15) is 9.59 Å². The molecule has 0 spiro atoms. The Labute approximate surface area is 86.4 Å². The number of hydrogen-bond donors (Lipinski definition) is 2. The Morgan fingerprint density at radius 1 is 1.27 bits per heavy atom. The maximum absolute atomic E-state index is 11.5. The van der Waals surface area contributed by atoms with E-state index in [4.69, 9.17) is 10.8 Å². The highest BCUT2D eigenvalue weighted by molar-refractivity contribution is 6.69. The zero-order valence-corrected chi connectivity index (χ0v) is 8.66. The highest BCUT2D eigenvalue weighted by Gasteiger charge is 2.36. The van der Waals surface area contributed by atoms with Crippen LogP contribution in [0, 0.1) is 10.8 Å². The molecule has 2 N–H and O–H groups in total. The van der Waals surface area contributed by atoms with E-state index in [2.05, 4.69) is 4.99 Å². The molecular weight excluding hydrogens is 198 g/mol. The van der Waals surface area contributed by atoms with Crippen molar-refractivity contribution in [2.45, 2.75) is 6.92 Å². The molecule has 0 unspecified atom stereocenters. The van der Waals surface area contributed by atoms with E-state index < -0.39 is 11.9 Å². The normalized spacial score (nSPS) is 20.2. The van der Waals surface area contributed by atoms with Crippen LogP contribution in [0.1, 0.15) is 6.92 Å². The highest BCUT2D eigenvalue weighted by atomic mass is 16.2. The predicted octanol–water partition coefficient (Wildman–Crippen LogP) is -0.0744. The summed E-state index contributed by atoms with van der Waals surface area (Å²) in [7, 11) is 2.69. The molecule has 1 fully saturated rings. The third-order valence-corrected chi connectivity index (χ3v) is 1.92. The van der Waals surface area contributed by atoms with Crippen LogP contribution in [-0.2, 0) is 4.79 Å². The Morgan fingerprint density at radius 3 is 2.27 bits per heavy atom. The van der Waals surface area contributed by atoms with Gasteiger partial charge in [0.15, 0.2) is 11.5 Å². The minimum atomic E-state index is -0.658. The lowest BCUT2D eigenvalue weighted by Crippen LogP contribution is -2.57. The molecule has 1 aliphatic rings. The minimum Gasteiger partial charge on any atom is -0.287 e. The van der Waals surface area contributed by atoms with E-state index in [1.54, 1.807) is 0 Å². The monoisotopic (exact) mass is 209 g/mol. The van der Waals surface area contributed by atoms with Gasteiger partial charge < -0.3 is 0 Å². The Kier molecular flexibility index (Phi) is 2.65. The molecular formula is C8H11N5O2. The number of carbonyl (C=O) groups is 2. The molecule has 1 heterocycles. The first-order valence-electron chi connectivity index (χ1n) is 4.14. The molecule has 1 saturated heterocycles. The lowest BCUT2D eigenvalue weighted by Gasteiger charge is -2.29. The SMILES string of the molecule is CC(=N)N=C1C(=N)N(C)C(=O)N(C)C1=O. The molecule has 0 atom stereocenters. The average Bonchev–Trinajstić information content (AvgIpc) is 2.18. The highest BCUT2D eigenvalue weighted by Crippen LogP contribution is 2.07. The van der Waals surface area contributed by atoms with Crippen LogP contribution in [0.25, 0.3) is 0 Å². The summed E-state index contributed by atoms with van der Waals surface area (Å²) in [5.41, 5.74) is -0.188. The van der Waals surface area contributed by atoms with Crippen LogP contribution < -0.4 is 0 Å². The summed E-state index contributed by atoms with van der Waals surface area (Å²) in [6.45, 7) is 1.39. The van der Waals surface area contributed by atoms with Gasteiger partial charge in [0.2, 0.25) is 0 Å². The molecule has 3 amide bonds. The molecule has 0 radical (unpaired) electrons. The van der Waals surface area contributed by atoms with Gasteiger partial charge in [0.1, 0.15) is 5.84 Å². The summed E-state index contributed by atoms with van der Waals surface area (Å²) in [5, 5.41) is 14.7. The zero-order valence-electron chi connectivity index (χ0n) is 8.66. The molecule has 1 rings (SSSR count). The van der Waals surface area contributed by atoms with Crippen LogP contribution in [-0.4, -0.2) is 53.2 Å². The van der Waals surface area contributed by atoms with Gasteiger partial charge in [-0.15, -0.1) is 0 Å². The number of aliphatic imine (C=N–C) groups is 1. The van der Waals surface area contributed by atoms with Crippen molar-refractivity contribution in [1.82, 2.24) is 9.80 Å². The molecule has 80 valence electrons. The Hall–Kier alpha value is -2.05. The van der Waals surface area contributed by atoms with Crippen molar-refractivity contribution < 1.29 is 9.59 Å². The summed E-state index contributed by atoms with van der Waals surface area (Å²) in [6.07, 6.45) is 0. The molecule has 1 aliphatic heterocycles. The Bertz CT molecular complexity index is 372. The van der Waals surface area contributed by atoms with Gasteiger partial charge in [0, 0.05) is 14.1 Å². The minimum absolute atomic E-state index is 0.0840. The third-order valence-electron chi connectivity index (χ3n) is 1.92. The van der Waals surface area contributed by atoms with Crippen molar-refractivity contribution in [2.75, 3.05) is 14.1 Å². The summed E-state index contributed by atoms with van der Waals surface area (Å²) in [6, 6.07) is -0.577. The summed E-state index contributed by atoms with van der Waals surface area (Å²) < 4.78 is 0. The van der Waals surface area contributed by atoms with E-state index >= 15 is 0 Å². The fraction of sp³-hybridized carbons (Fsp3) is 0.375. The fourth-order valence-corrected chi connectivity index (χ4v) is 1.09. The van der Waals surface area contributed by atoms with Gasteiger partial charge in [-0.1, -0.05) is 0 Å². The first-order chi connectivity index (χ1) is 6.86. The second kappa shape index (κ2) is 3.60. The van der Waals surface area contributed by atoms with Crippen molar-refractivity contribution >= 4 is 29.3 Å². The number of imide groups is 1. The first-order valence-corrected chi connectivity index (χ1v) is 4.14. The van der Waals surface area contributed by atoms with Gasteiger partial charge in [0.25, 0.3) is 5.91 Å². The molecule has 0 bridgehead atoms. The maximum atomic E-state index is 11.5. The van der Waals surface area contributed by atoms with Crippen LogP contribution in [0.3, 0.4) is 0 Å². The smallest absolute Gasteiger partial charge is 0.287 e. The lowest BCUT2D eigenvalue weighted by atomic mass is 10.2. The molecule has 15 heavy (non-hydrogen) atoms. The van der Waals surface area contributed by atoms with Crippen molar-refractivity contribution in [1.29, 1.82) is 10.8 Å².